The fourth-order valence-corrected chi connectivity index (χ4v) is 3.96. The van der Waals surface area contributed by atoms with Crippen LogP contribution in [-0.2, 0) is 18.3 Å². The molecule has 4 rings (SSSR count). The second kappa shape index (κ2) is 9.04. The maximum absolute atomic E-state index is 10.9. The highest BCUT2D eigenvalue weighted by atomic mass is 35.5. The quantitative estimate of drug-likeness (QED) is 0.365. The largest absolute Gasteiger partial charge is 0.489 e. The Hall–Kier alpha value is -3.32. The maximum Gasteiger partial charge on any atom is 0.303 e. The van der Waals surface area contributed by atoms with Crippen LogP contribution in [0.3, 0.4) is 0 Å². The van der Waals surface area contributed by atoms with Crippen molar-refractivity contribution in [2.75, 3.05) is 0 Å². The first-order valence-electron chi connectivity index (χ1n) is 10.4. The fourth-order valence-electron chi connectivity index (χ4n) is 3.74. The molecule has 0 saturated heterocycles. The summed E-state index contributed by atoms with van der Waals surface area (Å²) in [5, 5.41) is 14.7. The van der Waals surface area contributed by atoms with E-state index in [-0.39, 0.29) is 12.5 Å². The van der Waals surface area contributed by atoms with E-state index in [4.69, 9.17) is 26.0 Å². The Kier molecular flexibility index (Phi) is 6.19. The van der Waals surface area contributed by atoms with Crippen molar-refractivity contribution in [3.63, 3.8) is 0 Å². The molecule has 7 nitrogen and oxygen atoms in total. The molecular weight excluding hydrogens is 430 g/mol. The van der Waals surface area contributed by atoms with Crippen LogP contribution in [-0.4, -0.2) is 31.9 Å². The Labute approximate surface area is 190 Å². The van der Waals surface area contributed by atoms with Crippen molar-refractivity contribution in [2.24, 2.45) is 7.05 Å². The molecule has 0 fully saturated rings. The fraction of sp³-hybridized carbons (Fsp3) is 0.292. The van der Waals surface area contributed by atoms with E-state index < -0.39 is 5.97 Å². The lowest BCUT2D eigenvalue weighted by Gasteiger charge is -2.11. The first kappa shape index (κ1) is 21.9. The third-order valence-electron chi connectivity index (χ3n) is 5.17. The summed E-state index contributed by atoms with van der Waals surface area (Å²) in [6.07, 6.45) is 3.42. The van der Waals surface area contributed by atoms with E-state index in [1.54, 1.807) is 12.1 Å². The molecule has 1 N–H and O–H groups in total. The van der Waals surface area contributed by atoms with Crippen molar-refractivity contribution >= 4 is 28.5 Å². The van der Waals surface area contributed by atoms with Crippen molar-refractivity contribution < 1.29 is 19.2 Å². The highest BCUT2D eigenvalue weighted by molar-refractivity contribution is 6.32. The number of halogens is 1. The summed E-state index contributed by atoms with van der Waals surface area (Å²) in [5.74, 6) is 0.664. The molecule has 4 aromatic rings. The number of nitrogens with zero attached hydrogens (tertiary/aromatic N) is 3. The summed E-state index contributed by atoms with van der Waals surface area (Å²) < 4.78 is 13.2. The maximum atomic E-state index is 10.9. The van der Waals surface area contributed by atoms with Gasteiger partial charge in [-0.3, -0.25) is 4.79 Å². The van der Waals surface area contributed by atoms with Gasteiger partial charge in [-0.1, -0.05) is 22.8 Å². The molecule has 32 heavy (non-hydrogen) atoms. The molecule has 8 heteroatoms. The Morgan fingerprint density at radius 2 is 2.06 bits per heavy atom. The standard InChI is InChI=1S/C24H24ClN3O4/c1-14(2)31-20-10-8-16(13-19(20)25)24-26-23(27-32-24)18-9-7-15(5-4-6-21(29)30)17-11-12-28(3)22(17)18/h7-14H,4-6H2,1-3H3,(H,29,30). The van der Waals surface area contributed by atoms with Gasteiger partial charge in [-0.25, -0.2) is 0 Å². The van der Waals surface area contributed by atoms with Crippen molar-refractivity contribution in [3.05, 3.63) is 53.2 Å². The summed E-state index contributed by atoms with van der Waals surface area (Å²) in [6.45, 7) is 3.88. The molecule has 166 valence electrons. The highest BCUT2D eigenvalue weighted by Crippen LogP contribution is 2.34. The number of aryl methyl sites for hydroxylation is 2. The van der Waals surface area contributed by atoms with Crippen LogP contribution in [0.2, 0.25) is 5.02 Å². The second-order valence-electron chi connectivity index (χ2n) is 7.94. The number of hydrogen-bond donors (Lipinski definition) is 1. The van der Waals surface area contributed by atoms with Gasteiger partial charge >= 0.3 is 5.97 Å². The van der Waals surface area contributed by atoms with E-state index in [1.165, 1.54) is 0 Å². The van der Waals surface area contributed by atoms with Gasteiger partial charge < -0.3 is 18.9 Å². The lowest BCUT2D eigenvalue weighted by atomic mass is 10.0. The molecule has 0 radical (unpaired) electrons. The van der Waals surface area contributed by atoms with Crippen LogP contribution in [0.15, 0.2) is 47.1 Å². The van der Waals surface area contributed by atoms with E-state index >= 15 is 0 Å². The van der Waals surface area contributed by atoms with Gasteiger partial charge in [0, 0.05) is 36.2 Å². The molecule has 0 atom stereocenters. The van der Waals surface area contributed by atoms with Crippen molar-refractivity contribution in [2.45, 2.75) is 39.2 Å². The van der Waals surface area contributed by atoms with Gasteiger partial charge in [-0.2, -0.15) is 4.98 Å². The zero-order valence-corrected chi connectivity index (χ0v) is 18.9. The van der Waals surface area contributed by atoms with Gasteiger partial charge in [0.25, 0.3) is 5.89 Å². The van der Waals surface area contributed by atoms with E-state index in [2.05, 4.69) is 10.1 Å². The minimum Gasteiger partial charge on any atom is -0.489 e. The number of fused-ring (bicyclic) bond motifs is 1. The summed E-state index contributed by atoms with van der Waals surface area (Å²) in [6, 6.07) is 11.4. The first-order valence-corrected chi connectivity index (χ1v) is 10.8. The molecule has 0 amide bonds. The smallest absolute Gasteiger partial charge is 0.303 e. The van der Waals surface area contributed by atoms with Crippen LogP contribution in [0.25, 0.3) is 33.7 Å². The van der Waals surface area contributed by atoms with Crippen molar-refractivity contribution in [1.82, 2.24) is 14.7 Å². The molecule has 0 aliphatic carbocycles. The van der Waals surface area contributed by atoms with Crippen molar-refractivity contribution in [1.29, 1.82) is 0 Å². The number of aromatic nitrogens is 3. The molecule has 0 saturated carbocycles. The summed E-state index contributed by atoms with van der Waals surface area (Å²) >= 11 is 6.36. The van der Waals surface area contributed by atoms with Gasteiger partial charge in [0.05, 0.1) is 16.6 Å². The number of ether oxygens (including phenoxy) is 1. The Morgan fingerprint density at radius 3 is 2.78 bits per heavy atom. The van der Waals surface area contributed by atoms with E-state index in [9.17, 15) is 4.79 Å². The number of hydrogen-bond acceptors (Lipinski definition) is 5. The highest BCUT2D eigenvalue weighted by Gasteiger charge is 2.18. The van der Waals surface area contributed by atoms with Gasteiger partial charge in [-0.05, 0) is 62.6 Å². The molecule has 2 heterocycles. The van der Waals surface area contributed by atoms with Crippen LogP contribution in [0.5, 0.6) is 5.75 Å². The molecule has 0 aliphatic heterocycles. The molecule has 2 aromatic carbocycles. The Bertz CT molecular complexity index is 1280. The Balaban J connectivity index is 1.66. The van der Waals surface area contributed by atoms with Crippen LogP contribution in [0, 0.1) is 0 Å². The average Bonchev–Trinajstić information content (AvgIpc) is 3.37. The number of carboxylic acid groups (broad SMARTS) is 1. The van der Waals surface area contributed by atoms with Crippen LogP contribution < -0.4 is 4.74 Å². The van der Waals surface area contributed by atoms with E-state index in [1.807, 2.05) is 55.9 Å². The molecule has 2 aromatic heterocycles. The van der Waals surface area contributed by atoms with Gasteiger partial charge in [0.15, 0.2) is 0 Å². The minimum atomic E-state index is -0.783. The van der Waals surface area contributed by atoms with E-state index in [0.29, 0.717) is 40.9 Å². The second-order valence-corrected chi connectivity index (χ2v) is 8.35. The average molecular weight is 454 g/mol. The summed E-state index contributed by atoms with van der Waals surface area (Å²) in [5.41, 5.74) is 3.62. The SMILES string of the molecule is CC(C)Oc1ccc(-c2nc(-c3ccc(CCCC(=O)O)c4ccn(C)c34)no2)cc1Cl. The normalized spacial score (nSPS) is 11.4. The number of carbonyl (C=O) groups is 1. The molecule has 0 aliphatic rings. The summed E-state index contributed by atoms with van der Waals surface area (Å²) in [4.78, 5) is 15.5. The molecule has 0 bridgehead atoms. The monoisotopic (exact) mass is 453 g/mol. The van der Waals surface area contributed by atoms with Crippen LogP contribution in [0.1, 0.15) is 32.3 Å². The number of rotatable bonds is 8. The topological polar surface area (TPSA) is 90.4 Å². The molecule has 0 unspecified atom stereocenters. The van der Waals surface area contributed by atoms with Crippen molar-refractivity contribution in [3.8, 4) is 28.6 Å². The third-order valence-corrected chi connectivity index (χ3v) is 5.47. The third kappa shape index (κ3) is 4.48. The van der Waals surface area contributed by atoms with Gasteiger partial charge in [0.2, 0.25) is 5.82 Å². The lowest BCUT2D eigenvalue weighted by Crippen LogP contribution is -2.05. The van der Waals surface area contributed by atoms with Gasteiger partial charge in [0.1, 0.15) is 5.75 Å². The zero-order chi connectivity index (χ0) is 22.8. The first-order chi connectivity index (χ1) is 15.3. The predicted octanol–water partition coefficient (Wildman–Crippen LogP) is 5.74. The van der Waals surface area contributed by atoms with Crippen LogP contribution in [0.4, 0.5) is 0 Å². The minimum absolute atomic E-state index is 0.0214. The zero-order valence-electron chi connectivity index (χ0n) is 18.1. The predicted molar refractivity (Wildman–Crippen MR) is 123 cm³/mol. The number of carboxylic acids is 1. The van der Waals surface area contributed by atoms with Gasteiger partial charge in [-0.15, -0.1) is 0 Å². The van der Waals surface area contributed by atoms with Crippen LogP contribution >= 0.6 is 11.6 Å². The molecule has 0 spiro atoms. The summed E-state index contributed by atoms with van der Waals surface area (Å²) in [7, 11) is 1.96. The lowest BCUT2D eigenvalue weighted by molar-refractivity contribution is -0.137. The van der Waals surface area contributed by atoms with E-state index in [0.717, 1.165) is 22.0 Å². The number of aliphatic carboxylic acids is 1. The Morgan fingerprint density at radius 1 is 1.25 bits per heavy atom. The number of benzene rings is 2. The molecular formula is C24H24ClN3O4.